The molecule has 2 fully saturated rings. The number of hydrogen-bond acceptors (Lipinski definition) is 3. The predicted octanol–water partition coefficient (Wildman–Crippen LogP) is 4.95. The Kier molecular flexibility index (Phi) is 4.55. The van der Waals surface area contributed by atoms with Crippen LogP contribution in [0, 0.1) is 11.8 Å². The van der Waals surface area contributed by atoms with E-state index in [1.54, 1.807) is 0 Å². The first-order valence-corrected chi connectivity index (χ1v) is 11.7. The smallest absolute Gasteiger partial charge is 0.171 e. The molecule has 0 bridgehead atoms. The summed E-state index contributed by atoms with van der Waals surface area (Å²) in [5.41, 5.74) is 5.48. The molecule has 0 amide bonds. The third kappa shape index (κ3) is 2.85. The predicted molar refractivity (Wildman–Crippen MR) is 120 cm³/mol. The van der Waals surface area contributed by atoms with Gasteiger partial charge in [-0.25, -0.2) is 0 Å². The molecule has 6 rings (SSSR count). The highest BCUT2D eigenvalue weighted by atomic mass is 16.7. The van der Waals surface area contributed by atoms with Gasteiger partial charge in [-0.1, -0.05) is 67.6 Å². The van der Waals surface area contributed by atoms with E-state index in [0.717, 1.165) is 32.2 Å². The SMILES string of the molecule is C[C@H]1[C@@H]2CCc3cnn(Cc4ccccc4)c3[C@@]2(c2ccccc2)CCC12OCCO2. The van der Waals surface area contributed by atoms with Crippen LogP contribution in [0.25, 0.3) is 0 Å². The Labute approximate surface area is 184 Å². The summed E-state index contributed by atoms with van der Waals surface area (Å²) in [6.45, 7) is 4.60. The van der Waals surface area contributed by atoms with E-state index in [2.05, 4.69) is 78.5 Å². The fraction of sp³-hybridized carbons (Fsp3) is 0.444. The highest BCUT2D eigenvalue weighted by Gasteiger charge is 2.60. The first-order valence-electron chi connectivity index (χ1n) is 11.7. The van der Waals surface area contributed by atoms with Crippen LogP contribution in [0.15, 0.2) is 66.9 Å². The number of rotatable bonds is 3. The largest absolute Gasteiger partial charge is 0.347 e. The van der Waals surface area contributed by atoms with Crippen LogP contribution in [0.4, 0.5) is 0 Å². The molecule has 1 spiro atoms. The van der Waals surface area contributed by atoms with Crippen LogP contribution in [0.1, 0.15) is 48.6 Å². The van der Waals surface area contributed by atoms with Crippen LogP contribution in [0.3, 0.4) is 0 Å². The van der Waals surface area contributed by atoms with E-state index < -0.39 is 5.79 Å². The van der Waals surface area contributed by atoms with E-state index in [0.29, 0.717) is 25.0 Å². The molecule has 160 valence electrons. The Morgan fingerprint density at radius 1 is 0.968 bits per heavy atom. The summed E-state index contributed by atoms with van der Waals surface area (Å²) in [4.78, 5) is 0. The van der Waals surface area contributed by atoms with Gasteiger partial charge in [0.2, 0.25) is 0 Å². The molecule has 1 aromatic heterocycles. The molecule has 1 aliphatic heterocycles. The van der Waals surface area contributed by atoms with Crippen molar-refractivity contribution in [3.63, 3.8) is 0 Å². The summed E-state index contributed by atoms with van der Waals surface area (Å²) in [7, 11) is 0. The highest BCUT2D eigenvalue weighted by Crippen LogP contribution is 2.59. The van der Waals surface area contributed by atoms with Crippen LogP contribution >= 0.6 is 0 Å². The monoisotopic (exact) mass is 414 g/mol. The van der Waals surface area contributed by atoms with Gasteiger partial charge in [0.1, 0.15) is 0 Å². The third-order valence-corrected chi connectivity index (χ3v) is 8.10. The molecule has 31 heavy (non-hydrogen) atoms. The molecule has 2 aromatic carbocycles. The summed E-state index contributed by atoms with van der Waals surface area (Å²) in [6.07, 6.45) is 6.30. The minimum absolute atomic E-state index is 0.0555. The van der Waals surface area contributed by atoms with Gasteiger partial charge in [0.05, 0.1) is 31.6 Å². The molecule has 3 atom stereocenters. The minimum atomic E-state index is -0.412. The topological polar surface area (TPSA) is 36.3 Å². The fourth-order valence-electron chi connectivity index (χ4n) is 6.73. The van der Waals surface area contributed by atoms with E-state index in [1.165, 1.54) is 22.4 Å². The Bertz CT molecular complexity index is 1060. The molecule has 3 aromatic rings. The lowest BCUT2D eigenvalue weighted by atomic mass is 9.52. The Hall–Kier alpha value is -2.43. The van der Waals surface area contributed by atoms with Gasteiger partial charge in [-0.2, -0.15) is 5.10 Å². The van der Waals surface area contributed by atoms with Crippen LogP contribution in [0.2, 0.25) is 0 Å². The number of aryl methyl sites for hydroxylation is 1. The molecule has 0 unspecified atom stereocenters. The first kappa shape index (κ1) is 19.3. The van der Waals surface area contributed by atoms with Crippen molar-refractivity contribution in [1.29, 1.82) is 0 Å². The number of hydrogen-bond donors (Lipinski definition) is 0. The van der Waals surface area contributed by atoms with Crippen LogP contribution < -0.4 is 0 Å². The lowest BCUT2D eigenvalue weighted by Crippen LogP contribution is -2.57. The second kappa shape index (κ2) is 7.32. The van der Waals surface area contributed by atoms with Crippen LogP contribution in [-0.2, 0) is 27.9 Å². The van der Waals surface area contributed by atoms with Gasteiger partial charge in [-0.3, -0.25) is 4.68 Å². The lowest BCUT2D eigenvalue weighted by Gasteiger charge is -2.56. The van der Waals surface area contributed by atoms with E-state index >= 15 is 0 Å². The van der Waals surface area contributed by atoms with Gasteiger partial charge in [-0.15, -0.1) is 0 Å². The minimum Gasteiger partial charge on any atom is -0.347 e. The Morgan fingerprint density at radius 2 is 1.68 bits per heavy atom. The molecule has 1 saturated heterocycles. The van der Waals surface area contributed by atoms with Gasteiger partial charge in [0, 0.05) is 17.8 Å². The Morgan fingerprint density at radius 3 is 2.42 bits per heavy atom. The van der Waals surface area contributed by atoms with Gasteiger partial charge in [0.25, 0.3) is 0 Å². The zero-order valence-electron chi connectivity index (χ0n) is 18.2. The van der Waals surface area contributed by atoms with Crippen molar-refractivity contribution in [3.8, 4) is 0 Å². The van der Waals surface area contributed by atoms with Crippen LogP contribution in [-0.4, -0.2) is 28.8 Å². The number of ether oxygens (including phenoxy) is 2. The molecule has 4 heteroatoms. The lowest BCUT2D eigenvalue weighted by molar-refractivity contribution is -0.233. The van der Waals surface area contributed by atoms with Gasteiger partial charge < -0.3 is 9.47 Å². The molecule has 2 heterocycles. The average molecular weight is 415 g/mol. The zero-order valence-corrected chi connectivity index (χ0v) is 18.2. The first-order chi connectivity index (χ1) is 15.2. The maximum atomic E-state index is 6.27. The van der Waals surface area contributed by atoms with E-state index in [-0.39, 0.29) is 5.41 Å². The molecular formula is C27H30N2O2. The summed E-state index contributed by atoms with van der Waals surface area (Å²) >= 11 is 0. The average Bonchev–Trinajstić information content (AvgIpc) is 3.46. The number of aromatic nitrogens is 2. The van der Waals surface area contributed by atoms with Crippen molar-refractivity contribution < 1.29 is 9.47 Å². The van der Waals surface area contributed by atoms with Gasteiger partial charge >= 0.3 is 0 Å². The second-order valence-electron chi connectivity index (χ2n) is 9.44. The van der Waals surface area contributed by atoms with Crippen molar-refractivity contribution in [2.24, 2.45) is 11.8 Å². The molecule has 2 aliphatic carbocycles. The number of nitrogens with zero attached hydrogens (tertiary/aromatic N) is 2. The summed E-state index contributed by atoms with van der Waals surface area (Å²) in [5.74, 6) is 0.378. The Balaban J connectivity index is 1.51. The highest BCUT2D eigenvalue weighted by molar-refractivity contribution is 5.45. The standard InChI is InChI=1S/C27H30N2O2/c1-20-24-13-12-22-18-28-29(19-21-8-4-2-5-9-21)25(22)26(24,23-10-6-3-7-11-23)14-15-27(20)30-16-17-31-27/h2-11,18,20,24H,12-17,19H2,1H3/t20-,24-,26+/m0/s1. The second-order valence-corrected chi connectivity index (χ2v) is 9.44. The molecule has 3 aliphatic rings. The fourth-order valence-corrected chi connectivity index (χ4v) is 6.73. The third-order valence-electron chi connectivity index (χ3n) is 8.10. The van der Waals surface area contributed by atoms with Gasteiger partial charge in [0.15, 0.2) is 5.79 Å². The van der Waals surface area contributed by atoms with Crippen molar-refractivity contribution in [3.05, 3.63) is 89.2 Å². The maximum absolute atomic E-state index is 6.27. The molecule has 1 saturated carbocycles. The van der Waals surface area contributed by atoms with E-state index in [1.807, 2.05) is 0 Å². The molecule has 0 N–H and O–H groups in total. The number of fused-ring (bicyclic) bond motifs is 3. The van der Waals surface area contributed by atoms with E-state index in [4.69, 9.17) is 14.6 Å². The van der Waals surface area contributed by atoms with Crippen molar-refractivity contribution in [1.82, 2.24) is 9.78 Å². The van der Waals surface area contributed by atoms with Gasteiger partial charge in [-0.05, 0) is 41.9 Å². The van der Waals surface area contributed by atoms with Crippen LogP contribution in [0.5, 0.6) is 0 Å². The number of benzene rings is 2. The van der Waals surface area contributed by atoms with E-state index in [9.17, 15) is 0 Å². The summed E-state index contributed by atoms with van der Waals surface area (Å²) in [5, 5.41) is 4.92. The van der Waals surface area contributed by atoms with Crippen molar-refractivity contribution >= 4 is 0 Å². The zero-order chi connectivity index (χ0) is 20.9. The van der Waals surface area contributed by atoms with Crippen molar-refractivity contribution in [2.45, 2.75) is 50.4 Å². The summed E-state index contributed by atoms with van der Waals surface area (Å²) in [6, 6.07) is 21.8. The quantitative estimate of drug-likeness (QED) is 0.608. The summed E-state index contributed by atoms with van der Waals surface area (Å²) < 4.78 is 14.8. The molecule has 0 radical (unpaired) electrons. The maximum Gasteiger partial charge on any atom is 0.171 e. The van der Waals surface area contributed by atoms with Crippen molar-refractivity contribution in [2.75, 3.05) is 13.2 Å². The molecule has 4 nitrogen and oxygen atoms in total. The normalized spacial score (nSPS) is 28.9. The molecular weight excluding hydrogens is 384 g/mol.